The van der Waals surface area contributed by atoms with E-state index in [0.717, 1.165) is 143 Å². The molecule has 0 N–H and O–H groups in total. The van der Waals surface area contributed by atoms with Crippen LogP contribution in [0.2, 0.25) is 0 Å². The van der Waals surface area contributed by atoms with E-state index >= 15 is 9.59 Å². The molecule has 0 saturated heterocycles. The highest BCUT2D eigenvalue weighted by atomic mass is 32.1. The quantitative estimate of drug-likeness (QED) is 0.0177. The number of fused-ring (bicyclic) bond motifs is 6. The zero-order valence-corrected chi connectivity index (χ0v) is 61.1. The Balaban J connectivity index is 1.15. The summed E-state index contributed by atoms with van der Waals surface area (Å²) in [5.74, 6) is -1.04. The van der Waals surface area contributed by atoms with Crippen LogP contribution in [0.5, 0.6) is 23.0 Å². The fourth-order valence-corrected chi connectivity index (χ4v) is 19.3. The normalized spacial score (nSPS) is 15.1. The Morgan fingerprint density at radius 2 is 0.680 bits per heavy atom. The van der Waals surface area contributed by atoms with Crippen LogP contribution in [0.25, 0.3) is 104 Å². The van der Waals surface area contributed by atoms with Crippen LogP contribution >= 0.6 is 45.3 Å². The minimum Gasteiger partial charge on any atom is -0.491 e. The number of hydrogen-bond donors (Lipinski definition) is 0. The van der Waals surface area contributed by atoms with Gasteiger partial charge in [0.1, 0.15) is 36.1 Å². The lowest BCUT2D eigenvalue weighted by atomic mass is 9.79. The Bertz CT molecular complexity index is 4490. The molecule has 100 heavy (non-hydrogen) atoms. The van der Waals surface area contributed by atoms with E-state index in [9.17, 15) is 35.9 Å². The SMILES string of the molecule is CCCCC(CC)COc1c2cc(-c3cc4c5c(ccc6c7c(-c8cc9c(OCC(CC)CCCC)c%10sccc%10c(OCC(CC)CCCC)c9s8)cc8c9c(ccc(c3c56)c97)C(=O)N(CC(F)(F)F)C8=O)C(=O)N(CC(F)(F)F)C4=O)sc2c(OCC(CC)CCCC)c2ccsc12. The number of unbranched alkanes of at least 4 members (excludes halogenated alkanes) is 4. The van der Waals surface area contributed by atoms with Gasteiger partial charge in [-0.2, -0.15) is 26.3 Å². The molecule has 4 atom stereocenters. The Morgan fingerprint density at radius 1 is 0.360 bits per heavy atom. The highest BCUT2D eigenvalue weighted by molar-refractivity contribution is 7.24. The fourth-order valence-electron chi connectivity index (χ4n) is 15.1. The molecule has 0 fully saturated rings. The van der Waals surface area contributed by atoms with Gasteiger partial charge in [-0.1, -0.05) is 145 Å². The molecule has 4 unspecified atom stereocenters. The maximum absolute atomic E-state index is 15.3. The fraction of sp³-hybridized carbons (Fsp3) is 0.450. The van der Waals surface area contributed by atoms with Gasteiger partial charge in [0.05, 0.1) is 45.2 Å². The first kappa shape index (κ1) is 71.1. The standard InChI is InChI=1S/C80H84F6N2O8S4/c1-9-17-21-43(13-5)37-93-67-51-29-31-97-71(51)69(95-39-45(15-7)23-19-11-3)57-35-59(99-73(57)67)53-33-55-63-49(75(89)87(77(55)91)41-79(81,82)83)28-26-48-62-54(34-56-64-50(27-25-47(66(62)64)61(53)65(48)63)76(90)88(78(56)92)42-80(84,85)86)60-36-58-70(96-40-46(16-8)24-20-12-4)72-52(30-32-98-72)68(74(58)100-60)94-38-44(14-6)22-18-10-2/h25-36,43-46H,9-24,37-42H2,1-8H3. The number of nitrogens with zero attached hydrogens (tertiary/aromatic N) is 2. The second-order valence-corrected chi connectivity index (χ2v) is 31.3. The summed E-state index contributed by atoms with van der Waals surface area (Å²) in [4.78, 5) is 62.0. The van der Waals surface area contributed by atoms with Gasteiger partial charge in [-0.15, -0.1) is 45.3 Å². The molecule has 4 aromatic heterocycles. The van der Waals surface area contributed by atoms with Gasteiger partial charge in [0.15, 0.2) is 0 Å². The van der Waals surface area contributed by atoms with E-state index in [1.54, 1.807) is 24.3 Å². The van der Waals surface area contributed by atoms with Gasteiger partial charge in [-0.05, 0) is 141 Å². The summed E-state index contributed by atoms with van der Waals surface area (Å²) in [5, 5.41) is 9.88. The number of ether oxygens (including phenoxy) is 4. The van der Waals surface area contributed by atoms with Crippen LogP contribution in [0, 0.1) is 23.7 Å². The molecule has 0 bridgehead atoms. The van der Waals surface area contributed by atoms with Crippen LogP contribution in [0.1, 0.15) is 200 Å². The van der Waals surface area contributed by atoms with E-state index in [2.05, 4.69) is 55.4 Å². The molecular formula is C80H84F6N2O8S4. The number of hydrogen-bond acceptors (Lipinski definition) is 12. The average Bonchev–Trinajstić information content (AvgIpc) is 0.970. The lowest BCUT2D eigenvalue weighted by Crippen LogP contribution is -2.45. The van der Waals surface area contributed by atoms with Crippen molar-refractivity contribution in [3.8, 4) is 43.9 Å². The molecule has 7 aromatic carbocycles. The van der Waals surface area contributed by atoms with Gasteiger partial charge in [0.25, 0.3) is 23.6 Å². The smallest absolute Gasteiger partial charge is 0.406 e. The zero-order valence-electron chi connectivity index (χ0n) is 57.9. The third-order valence-electron chi connectivity index (χ3n) is 20.8. The molecule has 2 aliphatic rings. The second-order valence-electron chi connectivity index (χ2n) is 27.4. The number of imide groups is 2. The molecule has 528 valence electrons. The summed E-state index contributed by atoms with van der Waals surface area (Å²) in [6.45, 7) is 15.3. The van der Waals surface area contributed by atoms with Crippen molar-refractivity contribution in [2.24, 2.45) is 23.7 Å². The van der Waals surface area contributed by atoms with Crippen LogP contribution in [0.3, 0.4) is 0 Å². The highest BCUT2D eigenvalue weighted by Gasteiger charge is 2.45. The van der Waals surface area contributed by atoms with Crippen molar-refractivity contribution in [2.45, 2.75) is 170 Å². The Hall–Kier alpha value is -7.26. The summed E-state index contributed by atoms with van der Waals surface area (Å²) in [5.41, 5.74) is 0.205. The predicted molar refractivity (Wildman–Crippen MR) is 398 cm³/mol. The van der Waals surface area contributed by atoms with E-state index in [0.29, 0.717) is 103 Å². The first-order valence-electron chi connectivity index (χ1n) is 35.8. The van der Waals surface area contributed by atoms with Crippen molar-refractivity contribution in [3.05, 3.63) is 93.7 Å². The summed E-state index contributed by atoms with van der Waals surface area (Å²) in [6.07, 6.45) is 5.67. The maximum Gasteiger partial charge on any atom is 0.406 e. The molecule has 0 saturated carbocycles. The lowest BCUT2D eigenvalue weighted by Gasteiger charge is -2.31. The van der Waals surface area contributed by atoms with Crippen LogP contribution in [0.15, 0.2) is 71.4 Å². The topological polar surface area (TPSA) is 112 Å². The largest absolute Gasteiger partial charge is 0.491 e. The van der Waals surface area contributed by atoms with Crippen molar-refractivity contribution in [1.82, 2.24) is 9.80 Å². The van der Waals surface area contributed by atoms with Gasteiger partial charge < -0.3 is 18.9 Å². The third kappa shape index (κ3) is 13.0. The Kier molecular flexibility index (Phi) is 20.8. The van der Waals surface area contributed by atoms with Crippen molar-refractivity contribution in [1.29, 1.82) is 0 Å². The first-order chi connectivity index (χ1) is 48.2. The van der Waals surface area contributed by atoms with Crippen molar-refractivity contribution >= 4 is 152 Å². The number of amides is 4. The summed E-state index contributed by atoms with van der Waals surface area (Å²) >= 11 is 5.81. The van der Waals surface area contributed by atoms with Crippen molar-refractivity contribution < 1.29 is 64.5 Å². The summed E-state index contributed by atoms with van der Waals surface area (Å²) in [6, 6.07) is 17.3. The number of carbonyl (C=O) groups excluding carboxylic acids is 4. The molecule has 0 radical (unpaired) electrons. The molecule has 11 aromatic rings. The zero-order chi connectivity index (χ0) is 70.6. The van der Waals surface area contributed by atoms with E-state index < -0.39 is 49.1 Å². The number of thiophene rings is 4. The molecule has 10 nitrogen and oxygen atoms in total. The van der Waals surface area contributed by atoms with E-state index in [1.807, 2.05) is 35.0 Å². The maximum atomic E-state index is 15.3. The van der Waals surface area contributed by atoms with Crippen LogP contribution < -0.4 is 18.9 Å². The molecule has 2 aliphatic heterocycles. The number of rotatable bonds is 32. The molecule has 20 heteroatoms. The van der Waals surface area contributed by atoms with E-state index in [4.69, 9.17) is 18.9 Å². The lowest BCUT2D eigenvalue weighted by molar-refractivity contribution is -0.137. The monoisotopic (exact) mass is 1440 g/mol. The Labute approximate surface area is 594 Å². The average molecular weight is 1440 g/mol. The predicted octanol–water partition coefficient (Wildman–Crippen LogP) is 24.6. The summed E-state index contributed by atoms with van der Waals surface area (Å²) < 4.78 is 120. The second kappa shape index (κ2) is 29.2. The van der Waals surface area contributed by atoms with Crippen LogP contribution in [-0.2, 0) is 0 Å². The molecule has 0 spiro atoms. The van der Waals surface area contributed by atoms with E-state index in [-0.39, 0.29) is 66.5 Å². The minimum atomic E-state index is -4.97. The molecule has 0 aliphatic carbocycles. The van der Waals surface area contributed by atoms with Gasteiger partial charge >= 0.3 is 12.4 Å². The molecule has 6 heterocycles. The summed E-state index contributed by atoms with van der Waals surface area (Å²) in [7, 11) is 0. The van der Waals surface area contributed by atoms with Crippen LogP contribution in [-0.4, -0.2) is 85.3 Å². The molecule has 4 amide bonds. The first-order valence-corrected chi connectivity index (χ1v) is 39.2. The van der Waals surface area contributed by atoms with Crippen LogP contribution in [0.4, 0.5) is 26.3 Å². The minimum absolute atomic E-state index is 0.119. The molecule has 13 rings (SSSR count). The number of alkyl halides is 6. The van der Waals surface area contributed by atoms with Crippen molar-refractivity contribution in [3.63, 3.8) is 0 Å². The van der Waals surface area contributed by atoms with Gasteiger partial charge in [-0.25, -0.2) is 0 Å². The molecular weight excluding hydrogens is 1360 g/mol. The van der Waals surface area contributed by atoms with E-state index in [1.165, 1.54) is 57.5 Å². The van der Waals surface area contributed by atoms with Crippen molar-refractivity contribution in [2.75, 3.05) is 39.5 Å². The number of benzene rings is 7. The van der Waals surface area contributed by atoms with Gasteiger partial charge in [0, 0.05) is 75.5 Å². The number of carbonyl (C=O) groups is 4. The Morgan fingerprint density at radius 3 is 0.990 bits per heavy atom. The van der Waals surface area contributed by atoms with Gasteiger partial charge in [0.2, 0.25) is 0 Å². The highest BCUT2D eigenvalue weighted by Crippen LogP contribution is 2.58. The van der Waals surface area contributed by atoms with Gasteiger partial charge in [-0.3, -0.25) is 29.0 Å². The third-order valence-corrected chi connectivity index (χ3v) is 25.0. The number of halogens is 6.